The Hall–Kier alpha value is -1.13. The molecule has 0 aliphatic carbocycles. The third kappa shape index (κ3) is 2.18. The van der Waals surface area contributed by atoms with Crippen molar-refractivity contribution in [2.75, 3.05) is 6.61 Å². The predicted octanol–water partition coefficient (Wildman–Crippen LogP) is -0.243. The Labute approximate surface area is 70.0 Å². The molecule has 0 aliphatic rings. The Bertz CT molecular complexity index is 295. The van der Waals surface area contributed by atoms with E-state index in [-0.39, 0.29) is 18.2 Å². The van der Waals surface area contributed by atoms with Crippen LogP contribution in [0, 0.1) is 0 Å². The van der Waals surface area contributed by atoms with E-state index >= 15 is 0 Å². The molecule has 4 heteroatoms. The number of hydrogen-bond donors (Lipinski definition) is 3. The van der Waals surface area contributed by atoms with Crippen LogP contribution in [0.4, 0.5) is 0 Å². The second-order valence-corrected chi connectivity index (χ2v) is 2.59. The largest absolute Gasteiger partial charge is 0.396 e. The first-order valence-electron chi connectivity index (χ1n) is 3.79. The van der Waals surface area contributed by atoms with Gasteiger partial charge in [0.05, 0.1) is 0 Å². The van der Waals surface area contributed by atoms with Crippen LogP contribution < -0.4 is 11.3 Å². The zero-order chi connectivity index (χ0) is 8.97. The molecule has 0 bridgehead atoms. The smallest absolute Gasteiger partial charge is 0.248 e. The molecule has 0 saturated carbocycles. The maximum atomic E-state index is 10.8. The van der Waals surface area contributed by atoms with Crippen LogP contribution in [0.2, 0.25) is 0 Å². The molecule has 1 aromatic heterocycles. The van der Waals surface area contributed by atoms with E-state index in [1.807, 2.05) is 0 Å². The summed E-state index contributed by atoms with van der Waals surface area (Å²) in [7, 11) is 0. The van der Waals surface area contributed by atoms with Crippen molar-refractivity contribution >= 4 is 0 Å². The van der Waals surface area contributed by atoms with E-state index in [9.17, 15) is 4.79 Å². The summed E-state index contributed by atoms with van der Waals surface area (Å²) in [5, 5.41) is 8.60. The van der Waals surface area contributed by atoms with Gasteiger partial charge in [0.25, 0.3) is 0 Å². The molecule has 0 amide bonds. The Morgan fingerprint density at radius 1 is 1.58 bits per heavy atom. The lowest BCUT2D eigenvalue weighted by atomic mass is 10.1. The highest BCUT2D eigenvalue weighted by atomic mass is 16.3. The van der Waals surface area contributed by atoms with E-state index < -0.39 is 0 Å². The number of pyridine rings is 1. The minimum Gasteiger partial charge on any atom is -0.396 e. The summed E-state index contributed by atoms with van der Waals surface area (Å²) in [5.74, 6) is 0. The average molecular weight is 168 g/mol. The van der Waals surface area contributed by atoms with Gasteiger partial charge < -0.3 is 15.8 Å². The summed E-state index contributed by atoms with van der Waals surface area (Å²) in [6, 6.07) is 4.52. The van der Waals surface area contributed by atoms with Crippen molar-refractivity contribution < 1.29 is 5.11 Å². The number of aliphatic hydroxyl groups is 1. The van der Waals surface area contributed by atoms with E-state index in [1.165, 1.54) is 6.07 Å². The van der Waals surface area contributed by atoms with Crippen molar-refractivity contribution in [1.82, 2.24) is 4.98 Å². The molecular formula is C8H12N2O2. The van der Waals surface area contributed by atoms with E-state index in [4.69, 9.17) is 10.8 Å². The minimum absolute atomic E-state index is 0.0259. The van der Waals surface area contributed by atoms with E-state index in [0.29, 0.717) is 12.1 Å². The molecule has 4 N–H and O–H groups in total. The van der Waals surface area contributed by atoms with Crippen molar-refractivity contribution in [1.29, 1.82) is 0 Å². The summed E-state index contributed by atoms with van der Waals surface area (Å²) >= 11 is 0. The Kier molecular flexibility index (Phi) is 3.01. The lowest BCUT2D eigenvalue weighted by Gasteiger charge is -2.08. The first-order chi connectivity index (χ1) is 5.74. The molecule has 1 aromatic rings. The number of H-pyrrole nitrogens is 1. The topological polar surface area (TPSA) is 79.1 Å². The van der Waals surface area contributed by atoms with Crippen LogP contribution in [-0.2, 0) is 0 Å². The van der Waals surface area contributed by atoms with Crippen molar-refractivity contribution in [2.24, 2.45) is 5.73 Å². The summed E-state index contributed by atoms with van der Waals surface area (Å²) < 4.78 is 0. The van der Waals surface area contributed by atoms with Gasteiger partial charge in [-0.3, -0.25) is 4.79 Å². The maximum absolute atomic E-state index is 10.8. The zero-order valence-electron chi connectivity index (χ0n) is 6.66. The highest BCUT2D eigenvalue weighted by Crippen LogP contribution is 2.07. The lowest BCUT2D eigenvalue weighted by molar-refractivity contribution is 0.275. The number of aliphatic hydroxyl groups excluding tert-OH is 1. The standard InChI is InChI=1S/C8H12N2O2/c9-6(4-5-11)7-2-1-3-8(12)10-7/h1-3,6,11H,4-5,9H2,(H,10,12)/t6-/m1/s1. The fraction of sp³-hybridized carbons (Fsp3) is 0.375. The van der Waals surface area contributed by atoms with Gasteiger partial charge in [-0.1, -0.05) is 6.07 Å². The number of nitrogens with two attached hydrogens (primary N) is 1. The Morgan fingerprint density at radius 2 is 2.33 bits per heavy atom. The fourth-order valence-corrected chi connectivity index (χ4v) is 0.976. The number of rotatable bonds is 3. The molecular weight excluding hydrogens is 156 g/mol. The van der Waals surface area contributed by atoms with Crippen LogP contribution in [0.3, 0.4) is 0 Å². The summed E-state index contributed by atoms with van der Waals surface area (Å²) in [6.07, 6.45) is 0.458. The number of nitrogens with one attached hydrogen (secondary N) is 1. The van der Waals surface area contributed by atoms with Crippen LogP contribution in [0.1, 0.15) is 18.2 Å². The molecule has 0 fully saturated rings. The third-order valence-electron chi connectivity index (χ3n) is 1.63. The van der Waals surface area contributed by atoms with Crippen molar-refractivity contribution in [3.63, 3.8) is 0 Å². The van der Waals surface area contributed by atoms with E-state index in [1.54, 1.807) is 12.1 Å². The highest BCUT2D eigenvalue weighted by Gasteiger charge is 2.04. The summed E-state index contributed by atoms with van der Waals surface area (Å²) in [5.41, 5.74) is 6.14. The SMILES string of the molecule is N[C@H](CCO)c1cccc(=O)[nH]1. The molecule has 12 heavy (non-hydrogen) atoms. The van der Waals surface area contributed by atoms with Gasteiger partial charge in [-0.2, -0.15) is 0 Å². The second-order valence-electron chi connectivity index (χ2n) is 2.59. The number of hydrogen-bond acceptors (Lipinski definition) is 3. The fourth-order valence-electron chi connectivity index (χ4n) is 0.976. The zero-order valence-corrected chi connectivity index (χ0v) is 6.66. The van der Waals surface area contributed by atoms with E-state index in [2.05, 4.69) is 4.98 Å². The van der Waals surface area contributed by atoms with Crippen molar-refractivity contribution in [2.45, 2.75) is 12.5 Å². The highest BCUT2D eigenvalue weighted by molar-refractivity contribution is 5.07. The van der Waals surface area contributed by atoms with Gasteiger partial charge in [-0.05, 0) is 12.5 Å². The van der Waals surface area contributed by atoms with Crippen molar-refractivity contribution in [3.05, 3.63) is 34.2 Å². The molecule has 0 aliphatic heterocycles. The van der Waals surface area contributed by atoms with Crippen LogP contribution in [0.5, 0.6) is 0 Å². The summed E-state index contributed by atoms with van der Waals surface area (Å²) in [6.45, 7) is 0.0259. The Morgan fingerprint density at radius 3 is 2.92 bits per heavy atom. The van der Waals surface area contributed by atoms with Gasteiger partial charge in [0, 0.05) is 24.4 Å². The molecule has 1 rings (SSSR count). The lowest BCUT2D eigenvalue weighted by Crippen LogP contribution is -2.17. The van der Waals surface area contributed by atoms with Crippen LogP contribution in [0.25, 0.3) is 0 Å². The van der Waals surface area contributed by atoms with Gasteiger partial charge in [0.15, 0.2) is 0 Å². The molecule has 1 atom stereocenters. The van der Waals surface area contributed by atoms with Gasteiger partial charge in [-0.15, -0.1) is 0 Å². The Balaban J connectivity index is 2.80. The van der Waals surface area contributed by atoms with Gasteiger partial charge in [0.1, 0.15) is 0 Å². The quantitative estimate of drug-likeness (QED) is 0.582. The minimum atomic E-state index is -0.288. The molecule has 0 aromatic carbocycles. The monoisotopic (exact) mass is 168 g/mol. The maximum Gasteiger partial charge on any atom is 0.248 e. The molecule has 1 heterocycles. The number of aromatic amines is 1. The normalized spacial score (nSPS) is 12.8. The molecule has 66 valence electrons. The van der Waals surface area contributed by atoms with Crippen LogP contribution in [-0.4, -0.2) is 16.7 Å². The molecule has 0 unspecified atom stereocenters. The second kappa shape index (κ2) is 4.04. The molecule has 0 radical (unpaired) electrons. The molecule has 0 spiro atoms. The average Bonchev–Trinajstić information content (AvgIpc) is 2.05. The van der Waals surface area contributed by atoms with Crippen molar-refractivity contribution in [3.8, 4) is 0 Å². The molecule has 4 nitrogen and oxygen atoms in total. The molecule has 0 saturated heterocycles. The first kappa shape index (κ1) is 8.96. The van der Waals surface area contributed by atoms with Gasteiger partial charge in [-0.25, -0.2) is 0 Å². The predicted molar refractivity (Wildman–Crippen MR) is 45.7 cm³/mol. The van der Waals surface area contributed by atoms with Gasteiger partial charge in [0.2, 0.25) is 5.56 Å². The van der Waals surface area contributed by atoms with Crippen LogP contribution in [0.15, 0.2) is 23.0 Å². The first-order valence-corrected chi connectivity index (χ1v) is 3.79. The van der Waals surface area contributed by atoms with Gasteiger partial charge >= 0.3 is 0 Å². The summed E-state index contributed by atoms with van der Waals surface area (Å²) in [4.78, 5) is 13.4. The number of aromatic nitrogens is 1. The third-order valence-corrected chi connectivity index (χ3v) is 1.63. The van der Waals surface area contributed by atoms with Crippen LogP contribution >= 0.6 is 0 Å². The van der Waals surface area contributed by atoms with E-state index in [0.717, 1.165) is 0 Å².